The molecule has 0 unspecified atom stereocenters. The van der Waals surface area contributed by atoms with E-state index in [9.17, 15) is 0 Å². The van der Waals surface area contributed by atoms with Crippen molar-refractivity contribution in [2.45, 2.75) is 52.4 Å². The highest BCUT2D eigenvalue weighted by atomic mass is 15.3. The first-order valence-electron chi connectivity index (χ1n) is 15.6. The second-order valence-corrected chi connectivity index (χ2v) is 14.2. The first kappa shape index (κ1) is 26.8. The van der Waals surface area contributed by atoms with Crippen LogP contribution in [0.5, 0.6) is 0 Å². The molecule has 4 aromatic carbocycles. The summed E-state index contributed by atoms with van der Waals surface area (Å²) in [6.45, 7) is 13.7. The Labute approximate surface area is 260 Å². The van der Waals surface area contributed by atoms with Gasteiger partial charge in [0, 0.05) is 34.6 Å². The highest BCUT2D eigenvalue weighted by Crippen LogP contribution is 2.44. The van der Waals surface area contributed by atoms with Crippen LogP contribution in [0.25, 0.3) is 5.65 Å². The molecule has 0 atom stereocenters. The van der Waals surface area contributed by atoms with Gasteiger partial charge in [0.05, 0.1) is 5.59 Å². The average molecular weight is 573 g/mol. The van der Waals surface area contributed by atoms with Crippen LogP contribution in [-0.2, 0) is 10.8 Å². The second-order valence-electron chi connectivity index (χ2n) is 14.2. The van der Waals surface area contributed by atoms with Crippen LogP contribution in [0.1, 0.15) is 52.7 Å². The zero-order valence-electron chi connectivity index (χ0n) is 26.3. The topological polar surface area (TPSA) is 23.8 Å². The maximum absolute atomic E-state index is 5.45. The molecule has 2 aliphatic heterocycles. The van der Waals surface area contributed by atoms with Crippen LogP contribution in [0.2, 0.25) is 0 Å². The molecule has 0 fully saturated rings. The van der Waals surface area contributed by atoms with E-state index < -0.39 is 0 Å². The zero-order chi connectivity index (χ0) is 30.4. The molecule has 4 nitrogen and oxygen atoms in total. The number of fused-ring (bicyclic) bond motifs is 6. The first-order chi connectivity index (χ1) is 21.1. The number of imidazole rings is 1. The van der Waals surface area contributed by atoms with E-state index in [-0.39, 0.29) is 17.5 Å². The van der Waals surface area contributed by atoms with Gasteiger partial charge in [-0.15, -0.1) is 0 Å². The Hall–Kier alpha value is -4.77. The van der Waals surface area contributed by atoms with Gasteiger partial charge in [-0.1, -0.05) is 102 Å². The zero-order valence-corrected chi connectivity index (χ0v) is 26.3. The minimum atomic E-state index is -0.00173. The van der Waals surface area contributed by atoms with E-state index >= 15 is 0 Å². The molecule has 0 radical (unpaired) electrons. The third kappa shape index (κ3) is 3.95. The van der Waals surface area contributed by atoms with Gasteiger partial charge >= 0.3 is 0 Å². The van der Waals surface area contributed by atoms with E-state index in [0.29, 0.717) is 0 Å². The summed E-state index contributed by atoms with van der Waals surface area (Å²) in [4.78, 5) is 10.3. The number of pyridine rings is 1. The summed E-state index contributed by atoms with van der Waals surface area (Å²) < 4.78 is 2.32. The van der Waals surface area contributed by atoms with Gasteiger partial charge in [-0.3, -0.25) is 9.30 Å². The molecule has 44 heavy (non-hydrogen) atoms. The van der Waals surface area contributed by atoms with Crippen molar-refractivity contribution in [2.24, 2.45) is 0 Å². The number of para-hydroxylation sites is 2. The predicted molar refractivity (Wildman–Crippen MR) is 187 cm³/mol. The third-order valence-corrected chi connectivity index (χ3v) is 9.28. The Morgan fingerprint density at radius 3 is 1.80 bits per heavy atom. The fourth-order valence-electron chi connectivity index (χ4n) is 6.96. The fourth-order valence-corrected chi connectivity index (χ4v) is 6.96. The molecule has 5 heteroatoms. The summed E-state index contributed by atoms with van der Waals surface area (Å²) in [5.41, 5.74) is 13.2. The Bertz CT molecular complexity index is 2050. The van der Waals surface area contributed by atoms with Crippen molar-refractivity contribution >= 4 is 63.1 Å². The Kier molecular flexibility index (Phi) is 5.71. The fraction of sp³-hybridized carbons (Fsp3) is 0.205. The van der Waals surface area contributed by atoms with Gasteiger partial charge < -0.3 is 4.90 Å². The molecular formula is C39H37BN4. The van der Waals surface area contributed by atoms with Crippen molar-refractivity contribution < 1.29 is 0 Å². The second kappa shape index (κ2) is 9.37. The summed E-state index contributed by atoms with van der Waals surface area (Å²) in [7, 11) is 0. The summed E-state index contributed by atoms with van der Waals surface area (Å²) in [5, 5.41) is 0. The Balaban J connectivity index is 1.49. The number of nitrogens with zero attached hydrogens (tertiary/aromatic N) is 4. The van der Waals surface area contributed by atoms with E-state index in [1.54, 1.807) is 0 Å². The maximum atomic E-state index is 5.45. The number of rotatable bonds is 2. The van der Waals surface area contributed by atoms with Crippen molar-refractivity contribution in [1.29, 1.82) is 0 Å². The van der Waals surface area contributed by atoms with Crippen LogP contribution in [0.4, 0.5) is 34.3 Å². The number of hydrogen-bond acceptors (Lipinski definition) is 3. The lowest BCUT2D eigenvalue weighted by atomic mass is 9.35. The van der Waals surface area contributed by atoms with Gasteiger partial charge in [-0.05, 0) is 81.4 Å². The third-order valence-electron chi connectivity index (χ3n) is 9.28. The van der Waals surface area contributed by atoms with Gasteiger partial charge in [0.1, 0.15) is 11.5 Å². The predicted octanol–water partition coefficient (Wildman–Crippen LogP) is 8.01. The molecule has 0 saturated carbocycles. The van der Waals surface area contributed by atoms with Gasteiger partial charge in [-0.2, -0.15) is 0 Å². The summed E-state index contributed by atoms with van der Waals surface area (Å²) in [6.07, 6.45) is 2.30. The Morgan fingerprint density at radius 2 is 1.16 bits per heavy atom. The standard InChI is InChI=1S/C39H37BN4/c1-38(2,3)26-20-22-30-33(24-26)43(28-14-9-7-10-15-28)31-18-13-19-32-35(31)40(30)36-37(44(32)29-16-11-8-12-17-29)42-25-27(39(4,5)6)21-23-34(42)41-36/h7-25H,1-6H3. The van der Waals surface area contributed by atoms with Crippen molar-refractivity contribution in [3.05, 3.63) is 127 Å². The largest absolute Gasteiger partial charge is 0.311 e. The van der Waals surface area contributed by atoms with Crippen LogP contribution < -0.4 is 26.3 Å². The summed E-state index contributed by atoms with van der Waals surface area (Å²) in [5.74, 6) is 1.12. The first-order valence-corrected chi connectivity index (χ1v) is 15.6. The SMILES string of the molecule is CC(C)(C)c1ccc2c(c1)N(c1ccccc1)c1cccc3c1B2c1nc2ccc(C(C)(C)C)cn2c1N3c1ccccc1. The molecule has 0 amide bonds. The minimum absolute atomic E-state index is 0.00173. The number of benzene rings is 4. The highest BCUT2D eigenvalue weighted by molar-refractivity contribution is 6.99. The summed E-state index contributed by atoms with van der Waals surface area (Å²) >= 11 is 0. The van der Waals surface area contributed by atoms with Gasteiger partial charge in [0.25, 0.3) is 6.71 Å². The minimum Gasteiger partial charge on any atom is -0.311 e. The van der Waals surface area contributed by atoms with Crippen molar-refractivity contribution in [1.82, 2.24) is 9.38 Å². The number of aromatic nitrogens is 2. The number of anilines is 6. The van der Waals surface area contributed by atoms with Crippen molar-refractivity contribution in [3.8, 4) is 0 Å². The average Bonchev–Trinajstić information content (AvgIpc) is 3.39. The van der Waals surface area contributed by atoms with Gasteiger partial charge in [0.15, 0.2) is 0 Å². The molecular weight excluding hydrogens is 535 g/mol. The van der Waals surface area contributed by atoms with Crippen molar-refractivity contribution in [3.63, 3.8) is 0 Å². The van der Waals surface area contributed by atoms with E-state index in [2.05, 4.69) is 171 Å². The van der Waals surface area contributed by atoms with Crippen LogP contribution in [0.15, 0.2) is 115 Å². The lowest BCUT2D eigenvalue weighted by molar-refractivity contribution is 0.586. The molecule has 4 heterocycles. The van der Waals surface area contributed by atoms with Crippen LogP contribution in [0.3, 0.4) is 0 Å². The highest BCUT2D eigenvalue weighted by Gasteiger charge is 2.46. The Morgan fingerprint density at radius 1 is 0.568 bits per heavy atom. The monoisotopic (exact) mass is 572 g/mol. The molecule has 0 spiro atoms. The lowest BCUT2D eigenvalue weighted by Crippen LogP contribution is -2.62. The molecule has 0 bridgehead atoms. The molecule has 6 aromatic rings. The normalized spacial score (nSPS) is 14.0. The van der Waals surface area contributed by atoms with Crippen LogP contribution >= 0.6 is 0 Å². The molecule has 2 aromatic heterocycles. The smallest absolute Gasteiger partial charge is 0.277 e. The van der Waals surface area contributed by atoms with E-state index in [4.69, 9.17) is 4.98 Å². The van der Waals surface area contributed by atoms with E-state index in [1.165, 1.54) is 39.1 Å². The van der Waals surface area contributed by atoms with E-state index in [1.807, 2.05) is 0 Å². The summed E-state index contributed by atoms with van der Waals surface area (Å²) in [6, 6.07) is 39.9. The quantitative estimate of drug-likeness (QED) is 0.196. The van der Waals surface area contributed by atoms with Crippen LogP contribution in [-0.4, -0.2) is 16.1 Å². The number of hydrogen-bond donors (Lipinski definition) is 0. The molecule has 216 valence electrons. The maximum Gasteiger partial charge on any atom is 0.277 e. The molecule has 2 aliphatic rings. The van der Waals surface area contributed by atoms with Crippen molar-refractivity contribution in [2.75, 3.05) is 9.80 Å². The molecule has 8 rings (SSSR count). The lowest BCUT2D eigenvalue weighted by Gasteiger charge is -2.43. The van der Waals surface area contributed by atoms with Gasteiger partial charge in [-0.25, -0.2) is 4.98 Å². The molecule has 0 saturated heterocycles. The van der Waals surface area contributed by atoms with E-state index in [0.717, 1.165) is 28.4 Å². The van der Waals surface area contributed by atoms with Gasteiger partial charge in [0.2, 0.25) is 0 Å². The van der Waals surface area contributed by atoms with Crippen LogP contribution in [0, 0.1) is 0 Å². The molecule has 0 aliphatic carbocycles. The molecule has 0 N–H and O–H groups in total.